The number of likely N-dealkylation sites (N-methyl/N-ethyl adjacent to an activating group) is 1. The Kier molecular flexibility index (Phi) is 8.34. The molecular weight excluding hydrogens is 652 g/mol. The zero-order valence-electron chi connectivity index (χ0n) is 29.3. The lowest BCUT2D eigenvalue weighted by molar-refractivity contribution is -0.267. The number of aryl methyl sites for hydroxylation is 1. The van der Waals surface area contributed by atoms with Crippen LogP contribution in [-0.4, -0.2) is 72.4 Å². The third-order valence-electron chi connectivity index (χ3n) is 10.9. The molecule has 8 rings (SSSR count). The molecule has 266 valence electrons. The molecule has 0 unspecified atom stereocenters. The Morgan fingerprint density at radius 1 is 0.863 bits per heavy atom. The number of ether oxygens (including phenoxy) is 6. The Bertz CT molecular complexity index is 1990. The van der Waals surface area contributed by atoms with Crippen molar-refractivity contribution in [2.75, 3.05) is 34.7 Å². The first-order valence-corrected chi connectivity index (χ1v) is 17.1. The van der Waals surface area contributed by atoms with Gasteiger partial charge >= 0.3 is 0 Å². The average molecular weight is 695 g/mol. The summed E-state index contributed by atoms with van der Waals surface area (Å²) in [5.74, 6) is 1.86. The van der Waals surface area contributed by atoms with E-state index in [1.165, 1.54) is 12.0 Å². The van der Waals surface area contributed by atoms with Crippen LogP contribution in [0.5, 0.6) is 28.7 Å². The molecule has 0 aliphatic carbocycles. The smallest absolute Gasteiger partial charge is 0.243 e. The van der Waals surface area contributed by atoms with Crippen LogP contribution in [-0.2, 0) is 29.2 Å². The van der Waals surface area contributed by atoms with E-state index in [2.05, 4.69) is 0 Å². The summed E-state index contributed by atoms with van der Waals surface area (Å²) in [5.41, 5.74) is 3.45. The number of piperazine rings is 1. The highest BCUT2D eigenvalue weighted by Gasteiger charge is 2.67. The minimum absolute atomic E-state index is 0.00469. The number of aliphatic hydroxyl groups excluding tert-OH is 1. The first-order chi connectivity index (χ1) is 24.7. The molecule has 0 saturated carbocycles. The van der Waals surface area contributed by atoms with Crippen LogP contribution >= 0.6 is 0 Å². The first kappa shape index (κ1) is 33.3. The number of rotatable bonds is 9. The highest BCUT2D eigenvalue weighted by Crippen LogP contribution is 2.63. The number of carbonyl (C=O) groups is 1. The van der Waals surface area contributed by atoms with Gasteiger partial charge < -0.3 is 38.6 Å². The van der Waals surface area contributed by atoms with Gasteiger partial charge in [-0.05, 0) is 49.6 Å². The maximum Gasteiger partial charge on any atom is 0.243 e. The fraction of sp³-hybridized carbons (Fsp3) is 0.375. The van der Waals surface area contributed by atoms with Crippen molar-refractivity contribution in [3.8, 4) is 28.7 Å². The molecule has 4 aromatic carbocycles. The van der Waals surface area contributed by atoms with Gasteiger partial charge in [-0.25, -0.2) is 0 Å². The third kappa shape index (κ3) is 4.97. The lowest BCUT2D eigenvalue weighted by atomic mass is 9.70. The lowest BCUT2D eigenvalue weighted by Crippen LogP contribution is -2.74. The Hall–Kier alpha value is -4.81. The van der Waals surface area contributed by atoms with Gasteiger partial charge in [0.05, 0.1) is 45.6 Å². The number of hydrogen-bond acceptors (Lipinski definition) is 10. The molecule has 0 aromatic heterocycles. The molecule has 4 aromatic rings. The van der Waals surface area contributed by atoms with Crippen LogP contribution in [0.25, 0.3) is 0 Å². The Morgan fingerprint density at radius 3 is 2.18 bits per heavy atom. The number of hydrogen-bond donors (Lipinski definition) is 2. The lowest BCUT2D eigenvalue weighted by Gasteiger charge is -2.62. The van der Waals surface area contributed by atoms with E-state index in [1.807, 2.05) is 92.5 Å². The fourth-order valence-electron chi connectivity index (χ4n) is 8.64. The quantitative estimate of drug-likeness (QED) is 0.246. The maximum absolute atomic E-state index is 14.9. The van der Waals surface area contributed by atoms with Crippen molar-refractivity contribution < 1.29 is 43.4 Å². The first-order valence-electron chi connectivity index (χ1n) is 17.1. The topological polar surface area (TPSA) is 119 Å². The van der Waals surface area contributed by atoms with E-state index in [-0.39, 0.29) is 32.5 Å². The molecule has 5 atom stereocenters. The van der Waals surface area contributed by atoms with Crippen LogP contribution < -0.4 is 23.7 Å². The minimum atomic E-state index is -2.22. The maximum atomic E-state index is 14.9. The second kappa shape index (κ2) is 12.8. The van der Waals surface area contributed by atoms with Crippen molar-refractivity contribution in [3.05, 3.63) is 111 Å². The van der Waals surface area contributed by atoms with Crippen molar-refractivity contribution in [1.29, 1.82) is 0 Å². The van der Waals surface area contributed by atoms with Gasteiger partial charge in [0.25, 0.3) is 0 Å². The van der Waals surface area contributed by atoms with E-state index >= 15 is 0 Å². The van der Waals surface area contributed by atoms with Crippen LogP contribution in [0.2, 0.25) is 0 Å². The van der Waals surface area contributed by atoms with Crippen molar-refractivity contribution >= 4 is 5.91 Å². The summed E-state index contributed by atoms with van der Waals surface area (Å²) in [7, 11) is 4.92. The van der Waals surface area contributed by atoms with Crippen LogP contribution in [0.4, 0.5) is 0 Å². The van der Waals surface area contributed by atoms with Gasteiger partial charge in [0.1, 0.15) is 18.5 Å². The largest absolute Gasteiger partial charge is 0.496 e. The molecule has 11 heteroatoms. The minimum Gasteiger partial charge on any atom is -0.496 e. The molecule has 51 heavy (non-hydrogen) atoms. The molecular formula is C40H42N2O9. The van der Waals surface area contributed by atoms with Crippen molar-refractivity contribution in [2.45, 2.75) is 63.4 Å². The number of nitrogens with zero attached hydrogens (tertiary/aromatic N) is 2. The van der Waals surface area contributed by atoms with Crippen LogP contribution in [0.1, 0.15) is 62.7 Å². The zero-order valence-corrected chi connectivity index (χ0v) is 29.3. The van der Waals surface area contributed by atoms with Gasteiger partial charge in [0, 0.05) is 22.3 Å². The highest BCUT2D eigenvalue weighted by molar-refractivity contribution is 5.87. The summed E-state index contributed by atoms with van der Waals surface area (Å²) in [6, 6.07) is 19.1. The molecule has 1 amide bonds. The summed E-state index contributed by atoms with van der Waals surface area (Å²) >= 11 is 0. The zero-order chi connectivity index (χ0) is 35.6. The summed E-state index contributed by atoms with van der Waals surface area (Å²) in [4.78, 5) is 18.2. The number of fused-ring (bicyclic) bond motifs is 9. The van der Waals surface area contributed by atoms with Crippen molar-refractivity contribution in [3.63, 3.8) is 0 Å². The van der Waals surface area contributed by atoms with Crippen molar-refractivity contribution in [1.82, 2.24) is 9.80 Å². The van der Waals surface area contributed by atoms with Gasteiger partial charge in [0.2, 0.25) is 12.7 Å². The summed E-state index contributed by atoms with van der Waals surface area (Å²) < 4.78 is 36.9. The van der Waals surface area contributed by atoms with E-state index in [9.17, 15) is 15.0 Å². The van der Waals surface area contributed by atoms with Crippen LogP contribution in [0, 0.1) is 13.8 Å². The van der Waals surface area contributed by atoms with Gasteiger partial charge in [-0.3, -0.25) is 14.6 Å². The summed E-state index contributed by atoms with van der Waals surface area (Å²) in [5, 5.41) is 26.1. The molecule has 2 bridgehead atoms. The molecule has 0 radical (unpaired) electrons. The molecule has 1 fully saturated rings. The predicted molar refractivity (Wildman–Crippen MR) is 186 cm³/mol. The highest BCUT2D eigenvalue weighted by atomic mass is 16.7. The van der Waals surface area contributed by atoms with Crippen molar-refractivity contribution in [2.24, 2.45) is 0 Å². The summed E-state index contributed by atoms with van der Waals surface area (Å²) in [6.07, 6.45) is -1.28. The van der Waals surface area contributed by atoms with E-state index in [1.54, 1.807) is 7.11 Å². The number of benzene rings is 4. The molecule has 2 N–H and O–H groups in total. The van der Waals surface area contributed by atoms with Gasteiger partial charge in [-0.1, -0.05) is 66.7 Å². The van der Waals surface area contributed by atoms with E-state index in [4.69, 9.17) is 28.4 Å². The van der Waals surface area contributed by atoms with E-state index in [0.29, 0.717) is 57.4 Å². The normalized spacial score (nSPS) is 24.5. The fourth-order valence-corrected chi connectivity index (χ4v) is 8.64. The number of amides is 1. The molecule has 0 spiro atoms. The molecule has 4 aliphatic heterocycles. The summed E-state index contributed by atoms with van der Waals surface area (Å²) in [6.45, 7) is 4.23. The van der Waals surface area contributed by atoms with Gasteiger partial charge in [-0.15, -0.1) is 0 Å². The second-order valence-electron chi connectivity index (χ2n) is 13.7. The number of methoxy groups -OCH3 is 2. The monoisotopic (exact) mass is 694 g/mol. The Morgan fingerprint density at radius 2 is 1.51 bits per heavy atom. The molecule has 4 aliphatic rings. The number of aliphatic hydroxyl groups is 2. The average Bonchev–Trinajstić information content (AvgIpc) is 3.63. The number of carbonyl (C=O) groups excluding carboxylic acids is 1. The molecule has 4 heterocycles. The SMILES string of the molecule is COc1c(C)cc2c(c1OCc1ccccc1)[C@H]1N(C)[C@@H](C2)C(=O)N2[C@@H](COCc3ccccc3)c3c4c(c(C)c(OC)c3[C@H](O)[C@@]12O)OCO4. The standard InChI is InChI=1S/C40H42N2O9/c1-22-16-26-17-27-39(44)42-28(20-48-18-24-12-8-6-9-13-24)30-31(33(47-5)23(2)34-36(30)51-21-50-34)38(43)40(42,45)37(41(27)3)29(26)35(32(22)46-4)49-19-25-14-10-7-11-15-25/h6-16,27-28,37-38,43,45H,17-21H2,1-5H3/t27-,28-,37+,38-,40-/m0/s1. The molecule has 1 saturated heterocycles. The second-order valence-corrected chi connectivity index (χ2v) is 13.7. The predicted octanol–water partition coefficient (Wildman–Crippen LogP) is 5.06. The van der Waals surface area contributed by atoms with Crippen LogP contribution in [0.15, 0.2) is 66.7 Å². The van der Waals surface area contributed by atoms with Crippen LogP contribution in [0.3, 0.4) is 0 Å². The van der Waals surface area contributed by atoms with Gasteiger partial charge in [0.15, 0.2) is 28.7 Å². The Balaban J connectivity index is 1.33. The third-order valence-corrected chi connectivity index (χ3v) is 10.9. The van der Waals surface area contributed by atoms with Gasteiger partial charge in [-0.2, -0.15) is 0 Å². The molecule has 11 nitrogen and oxygen atoms in total. The van der Waals surface area contributed by atoms with E-state index in [0.717, 1.165) is 22.3 Å². The Labute approximate surface area is 296 Å². The van der Waals surface area contributed by atoms with E-state index < -0.39 is 30.0 Å².